The van der Waals surface area contributed by atoms with Crippen molar-refractivity contribution in [3.8, 4) is 5.75 Å². The summed E-state index contributed by atoms with van der Waals surface area (Å²) in [6, 6.07) is 4.97. The Morgan fingerprint density at radius 1 is 1.15 bits per heavy atom. The van der Waals surface area contributed by atoms with Gasteiger partial charge in [-0.1, -0.05) is 12.2 Å². The van der Waals surface area contributed by atoms with E-state index in [-0.39, 0.29) is 46.7 Å². The molecule has 1 saturated heterocycles. The second-order valence-corrected chi connectivity index (χ2v) is 7.90. The fraction of sp³-hybridized carbons (Fsp3) is 0.476. The third-order valence-electron chi connectivity index (χ3n) is 6.76. The fourth-order valence-corrected chi connectivity index (χ4v) is 5.50. The largest absolute Gasteiger partial charge is 0.492 e. The molecule has 3 fully saturated rings. The van der Waals surface area contributed by atoms with Crippen molar-refractivity contribution in [3.05, 3.63) is 35.9 Å². The van der Waals surface area contributed by atoms with Gasteiger partial charge in [0, 0.05) is 5.56 Å². The zero-order valence-electron chi connectivity index (χ0n) is 14.9. The Balaban J connectivity index is 1.58. The molecule has 5 rings (SSSR count). The number of ketones is 1. The lowest BCUT2D eigenvalue weighted by Crippen LogP contribution is -2.35. The molecule has 2 amide bonds. The minimum absolute atomic E-state index is 0.104. The van der Waals surface area contributed by atoms with Gasteiger partial charge in [-0.05, 0) is 62.1 Å². The first-order valence-electron chi connectivity index (χ1n) is 9.33. The van der Waals surface area contributed by atoms with Gasteiger partial charge in [0.1, 0.15) is 5.75 Å². The number of allylic oxidation sites excluding steroid dienone is 2. The zero-order chi connectivity index (χ0) is 18.2. The van der Waals surface area contributed by atoms with Crippen LogP contribution in [0.15, 0.2) is 30.4 Å². The van der Waals surface area contributed by atoms with E-state index in [4.69, 9.17) is 4.74 Å². The highest BCUT2D eigenvalue weighted by molar-refractivity contribution is 6.24. The molecule has 134 valence electrons. The van der Waals surface area contributed by atoms with Crippen LogP contribution in [0.4, 0.5) is 5.69 Å². The molecule has 0 N–H and O–H groups in total. The lowest BCUT2D eigenvalue weighted by Gasteiger charge is -2.23. The van der Waals surface area contributed by atoms with Crippen molar-refractivity contribution in [1.82, 2.24) is 0 Å². The quantitative estimate of drug-likeness (QED) is 0.475. The Morgan fingerprint density at radius 2 is 1.77 bits per heavy atom. The average Bonchev–Trinajstić information content (AvgIpc) is 3.21. The second kappa shape index (κ2) is 5.06. The van der Waals surface area contributed by atoms with E-state index < -0.39 is 0 Å². The van der Waals surface area contributed by atoms with Crippen LogP contribution in [0.3, 0.4) is 0 Å². The third kappa shape index (κ3) is 1.78. The van der Waals surface area contributed by atoms with E-state index in [2.05, 4.69) is 12.2 Å². The number of carbonyl (C=O) groups is 3. The lowest BCUT2D eigenvalue weighted by atomic mass is 9.85. The summed E-state index contributed by atoms with van der Waals surface area (Å²) in [7, 11) is 0. The number of hydrogen-bond acceptors (Lipinski definition) is 4. The maximum atomic E-state index is 13.3. The van der Waals surface area contributed by atoms with Crippen molar-refractivity contribution in [1.29, 1.82) is 0 Å². The Morgan fingerprint density at radius 3 is 2.27 bits per heavy atom. The maximum Gasteiger partial charge on any atom is 0.238 e. The standard InChI is InChI=1S/C21H21NO4/c1-3-26-16-7-4-12(11(2)23)10-15(16)22-19(24)17-13-5-6-14(18(17)20(22)25)21(13)8-9-21/h4-7,10,13-14,17-18H,3,8-9H2,1-2H3/t13-,14-,17-,18+/m1/s1. The number of rotatable bonds is 4. The van der Waals surface area contributed by atoms with E-state index in [0.29, 0.717) is 23.6 Å². The molecule has 2 bridgehead atoms. The van der Waals surface area contributed by atoms with Crippen LogP contribution in [0.1, 0.15) is 37.0 Å². The summed E-state index contributed by atoms with van der Waals surface area (Å²) in [5.74, 6) is -0.0377. The molecule has 4 aliphatic rings. The summed E-state index contributed by atoms with van der Waals surface area (Å²) in [6.07, 6.45) is 6.55. The minimum Gasteiger partial charge on any atom is -0.492 e. The summed E-state index contributed by atoms with van der Waals surface area (Å²) in [5, 5.41) is 0. The number of Topliss-reactive ketones (excluding diaryl/α,β-unsaturated/α-hetero) is 1. The summed E-state index contributed by atoms with van der Waals surface area (Å²) >= 11 is 0. The number of nitrogens with zero attached hydrogens (tertiary/aromatic N) is 1. The summed E-state index contributed by atoms with van der Waals surface area (Å²) in [4.78, 5) is 39.6. The van der Waals surface area contributed by atoms with E-state index in [1.165, 1.54) is 11.8 Å². The van der Waals surface area contributed by atoms with Crippen LogP contribution in [0, 0.1) is 29.1 Å². The fourth-order valence-electron chi connectivity index (χ4n) is 5.50. The normalized spacial score (nSPS) is 32.5. The Labute approximate surface area is 152 Å². The number of imide groups is 1. The van der Waals surface area contributed by atoms with Gasteiger partial charge >= 0.3 is 0 Å². The first kappa shape index (κ1) is 15.8. The van der Waals surface area contributed by atoms with Gasteiger partial charge in [0.15, 0.2) is 5.78 Å². The molecule has 1 aromatic carbocycles. The molecule has 1 aromatic rings. The van der Waals surface area contributed by atoms with Crippen LogP contribution in [-0.4, -0.2) is 24.2 Å². The highest BCUT2D eigenvalue weighted by Crippen LogP contribution is 2.73. The van der Waals surface area contributed by atoms with E-state index in [9.17, 15) is 14.4 Å². The van der Waals surface area contributed by atoms with Crippen molar-refractivity contribution in [2.45, 2.75) is 26.7 Å². The molecule has 3 aliphatic carbocycles. The van der Waals surface area contributed by atoms with E-state index in [1.807, 2.05) is 6.92 Å². The first-order valence-corrected chi connectivity index (χ1v) is 9.33. The molecular formula is C21H21NO4. The number of ether oxygens (including phenoxy) is 1. The molecule has 26 heavy (non-hydrogen) atoms. The topological polar surface area (TPSA) is 63.7 Å². The average molecular weight is 351 g/mol. The molecule has 0 radical (unpaired) electrons. The van der Waals surface area contributed by atoms with Crippen LogP contribution in [0.25, 0.3) is 0 Å². The molecule has 4 atom stereocenters. The van der Waals surface area contributed by atoms with Crippen LogP contribution in [-0.2, 0) is 9.59 Å². The summed E-state index contributed by atoms with van der Waals surface area (Å²) in [6.45, 7) is 3.75. The van der Waals surface area contributed by atoms with Crippen molar-refractivity contribution in [2.75, 3.05) is 11.5 Å². The predicted molar refractivity (Wildman–Crippen MR) is 94.9 cm³/mol. The van der Waals surface area contributed by atoms with E-state index >= 15 is 0 Å². The Hall–Kier alpha value is -2.43. The van der Waals surface area contributed by atoms with Crippen molar-refractivity contribution < 1.29 is 19.1 Å². The van der Waals surface area contributed by atoms with Gasteiger partial charge in [-0.2, -0.15) is 0 Å². The summed E-state index contributed by atoms with van der Waals surface area (Å²) < 4.78 is 5.65. The minimum atomic E-state index is -0.254. The van der Waals surface area contributed by atoms with Gasteiger partial charge in [-0.15, -0.1) is 0 Å². The highest BCUT2D eigenvalue weighted by atomic mass is 16.5. The molecule has 2 saturated carbocycles. The monoisotopic (exact) mass is 351 g/mol. The van der Waals surface area contributed by atoms with Gasteiger partial charge in [-0.25, -0.2) is 4.90 Å². The molecule has 1 spiro atoms. The number of benzene rings is 1. The van der Waals surface area contributed by atoms with E-state index in [0.717, 1.165) is 12.8 Å². The van der Waals surface area contributed by atoms with Crippen molar-refractivity contribution in [2.24, 2.45) is 29.1 Å². The van der Waals surface area contributed by atoms with Gasteiger partial charge in [0.25, 0.3) is 0 Å². The molecule has 5 heteroatoms. The van der Waals surface area contributed by atoms with Gasteiger partial charge in [0.2, 0.25) is 11.8 Å². The van der Waals surface area contributed by atoms with E-state index in [1.54, 1.807) is 18.2 Å². The number of hydrogen-bond donors (Lipinski definition) is 0. The molecule has 1 heterocycles. The Kier molecular flexibility index (Phi) is 3.07. The van der Waals surface area contributed by atoms with Crippen LogP contribution in [0.2, 0.25) is 0 Å². The van der Waals surface area contributed by atoms with Gasteiger partial charge in [0.05, 0.1) is 24.1 Å². The summed E-state index contributed by atoms with van der Waals surface area (Å²) in [5.41, 5.74) is 1.06. The third-order valence-corrected chi connectivity index (χ3v) is 6.76. The molecule has 0 aromatic heterocycles. The molecule has 5 nitrogen and oxygen atoms in total. The first-order chi connectivity index (χ1) is 12.5. The number of carbonyl (C=O) groups excluding carboxylic acids is 3. The smallest absolute Gasteiger partial charge is 0.238 e. The second-order valence-electron chi connectivity index (χ2n) is 7.90. The lowest BCUT2D eigenvalue weighted by molar-refractivity contribution is -0.123. The SMILES string of the molecule is CCOc1ccc(C(C)=O)cc1N1C(=O)[C@@H]2[C@H](C1=O)[C@H]1C=C[C@H]2C12CC2. The number of fused-ring (bicyclic) bond motifs is 3. The molecular weight excluding hydrogens is 330 g/mol. The van der Waals surface area contributed by atoms with Crippen molar-refractivity contribution in [3.63, 3.8) is 0 Å². The van der Waals surface area contributed by atoms with Crippen LogP contribution >= 0.6 is 0 Å². The zero-order valence-corrected chi connectivity index (χ0v) is 14.9. The Bertz CT molecular complexity index is 848. The number of anilines is 1. The molecule has 1 aliphatic heterocycles. The van der Waals surface area contributed by atoms with Gasteiger partial charge in [-0.3, -0.25) is 14.4 Å². The highest BCUT2D eigenvalue weighted by Gasteiger charge is 2.73. The predicted octanol–water partition coefficient (Wildman–Crippen LogP) is 2.99. The molecule has 0 unspecified atom stereocenters. The maximum absolute atomic E-state index is 13.3. The van der Waals surface area contributed by atoms with Crippen LogP contribution in [0.5, 0.6) is 5.75 Å². The van der Waals surface area contributed by atoms with Crippen molar-refractivity contribution >= 4 is 23.3 Å². The number of amides is 2. The van der Waals surface area contributed by atoms with Gasteiger partial charge < -0.3 is 4.74 Å². The van der Waals surface area contributed by atoms with Crippen LogP contribution < -0.4 is 9.64 Å².